The van der Waals surface area contributed by atoms with Crippen LogP contribution in [0.1, 0.15) is 46.5 Å². The Bertz CT molecular complexity index is 433. The molecule has 0 aromatic rings. The van der Waals surface area contributed by atoms with Gasteiger partial charge in [0.2, 0.25) is 5.91 Å². The van der Waals surface area contributed by atoms with E-state index in [1.807, 2.05) is 25.7 Å². The fourth-order valence-corrected chi connectivity index (χ4v) is 3.04. The smallest absolute Gasteiger partial charge is 0.407 e. The van der Waals surface area contributed by atoms with Crippen LogP contribution in [-0.2, 0) is 9.53 Å². The van der Waals surface area contributed by atoms with E-state index in [1.54, 1.807) is 0 Å². The molecular formula is C15H24N2O3. The van der Waals surface area contributed by atoms with Crippen molar-refractivity contribution >= 4 is 12.0 Å². The lowest BCUT2D eigenvalue weighted by Gasteiger charge is -2.23. The molecule has 2 saturated carbocycles. The third-order valence-corrected chi connectivity index (χ3v) is 4.47. The minimum Gasteiger partial charge on any atom is -0.444 e. The van der Waals surface area contributed by atoms with E-state index in [-0.39, 0.29) is 29.4 Å². The van der Waals surface area contributed by atoms with E-state index in [4.69, 9.17) is 4.74 Å². The lowest BCUT2D eigenvalue weighted by atomic mass is 10.0. The monoisotopic (exact) mass is 280 g/mol. The molecule has 3 rings (SSSR count). The molecule has 0 bridgehead atoms. The van der Waals surface area contributed by atoms with Crippen molar-refractivity contribution in [3.05, 3.63) is 0 Å². The van der Waals surface area contributed by atoms with Crippen molar-refractivity contribution in [3.63, 3.8) is 0 Å². The van der Waals surface area contributed by atoms with Crippen LogP contribution < -0.4 is 5.32 Å². The highest BCUT2D eigenvalue weighted by atomic mass is 16.6. The highest BCUT2D eigenvalue weighted by molar-refractivity contribution is 5.81. The van der Waals surface area contributed by atoms with E-state index in [9.17, 15) is 9.59 Å². The van der Waals surface area contributed by atoms with Crippen molar-refractivity contribution in [1.29, 1.82) is 0 Å². The van der Waals surface area contributed by atoms with Gasteiger partial charge in [0.15, 0.2) is 0 Å². The van der Waals surface area contributed by atoms with Crippen molar-refractivity contribution in [3.8, 4) is 0 Å². The molecule has 2 aliphatic carbocycles. The summed E-state index contributed by atoms with van der Waals surface area (Å²) in [4.78, 5) is 26.0. The van der Waals surface area contributed by atoms with E-state index in [2.05, 4.69) is 5.32 Å². The Hall–Kier alpha value is -1.26. The van der Waals surface area contributed by atoms with Crippen molar-refractivity contribution in [2.24, 2.45) is 11.3 Å². The SMILES string of the molecule is CC(C)(C)OC(=O)N[C@@H]1CN(C(=O)C2CC2)CC12CC2. The summed E-state index contributed by atoms with van der Waals surface area (Å²) in [5.74, 6) is 0.538. The largest absolute Gasteiger partial charge is 0.444 e. The van der Waals surface area contributed by atoms with Crippen LogP contribution in [0.15, 0.2) is 0 Å². The summed E-state index contributed by atoms with van der Waals surface area (Å²) in [6, 6.07) is 0.0556. The van der Waals surface area contributed by atoms with Gasteiger partial charge in [-0.2, -0.15) is 0 Å². The first-order valence-corrected chi connectivity index (χ1v) is 7.57. The highest BCUT2D eigenvalue weighted by Crippen LogP contribution is 2.53. The molecular weight excluding hydrogens is 256 g/mol. The van der Waals surface area contributed by atoms with E-state index < -0.39 is 5.60 Å². The second-order valence-electron chi connectivity index (χ2n) is 7.55. The predicted octanol–water partition coefficient (Wildman–Crippen LogP) is 1.91. The summed E-state index contributed by atoms with van der Waals surface area (Å²) in [5.41, 5.74) is -0.357. The number of hydrogen-bond donors (Lipinski definition) is 1. The molecule has 5 nitrogen and oxygen atoms in total. The molecule has 1 spiro atoms. The first kappa shape index (κ1) is 13.7. The van der Waals surface area contributed by atoms with Crippen LogP contribution in [0.3, 0.4) is 0 Å². The third kappa shape index (κ3) is 2.76. The number of carbonyl (C=O) groups excluding carboxylic acids is 2. The zero-order valence-electron chi connectivity index (χ0n) is 12.6. The van der Waals surface area contributed by atoms with Crippen molar-refractivity contribution in [1.82, 2.24) is 10.2 Å². The van der Waals surface area contributed by atoms with Gasteiger partial charge in [-0.05, 0) is 46.5 Å². The van der Waals surface area contributed by atoms with Crippen molar-refractivity contribution in [2.45, 2.75) is 58.1 Å². The van der Waals surface area contributed by atoms with Gasteiger partial charge in [0.25, 0.3) is 0 Å². The summed E-state index contributed by atoms with van der Waals surface area (Å²) >= 11 is 0. The Morgan fingerprint density at radius 3 is 2.40 bits per heavy atom. The summed E-state index contributed by atoms with van der Waals surface area (Å²) in [6.07, 6.45) is 3.90. The maximum absolute atomic E-state index is 12.2. The number of hydrogen-bond acceptors (Lipinski definition) is 3. The summed E-state index contributed by atoms with van der Waals surface area (Å²) < 4.78 is 5.32. The number of carbonyl (C=O) groups is 2. The van der Waals surface area contributed by atoms with Gasteiger partial charge in [-0.25, -0.2) is 4.79 Å². The van der Waals surface area contributed by atoms with Crippen molar-refractivity contribution in [2.75, 3.05) is 13.1 Å². The van der Waals surface area contributed by atoms with Crippen LogP contribution in [0.2, 0.25) is 0 Å². The second-order valence-corrected chi connectivity index (χ2v) is 7.55. The minimum atomic E-state index is -0.483. The van der Waals surface area contributed by atoms with E-state index in [0.717, 1.165) is 32.2 Å². The molecule has 1 atom stereocenters. The average Bonchev–Trinajstić information content (AvgIpc) is 3.17. The number of ether oxygens (including phenoxy) is 1. The lowest BCUT2D eigenvalue weighted by Crippen LogP contribution is -2.44. The Morgan fingerprint density at radius 2 is 1.90 bits per heavy atom. The van der Waals surface area contributed by atoms with Crippen LogP contribution >= 0.6 is 0 Å². The molecule has 0 radical (unpaired) electrons. The average molecular weight is 280 g/mol. The van der Waals surface area contributed by atoms with Crippen LogP contribution in [-0.4, -0.2) is 41.6 Å². The van der Waals surface area contributed by atoms with Gasteiger partial charge in [-0.1, -0.05) is 0 Å². The standard InChI is InChI=1S/C15H24N2O3/c1-14(2,3)20-13(19)16-11-8-17(9-15(11)6-7-15)12(18)10-4-5-10/h10-11H,4-9H2,1-3H3,(H,16,19)/t11-/m1/s1. The van der Waals surface area contributed by atoms with Crippen LogP contribution in [0, 0.1) is 11.3 Å². The molecule has 3 fully saturated rings. The Kier molecular flexibility index (Phi) is 2.99. The van der Waals surface area contributed by atoms with E-state index in [1.165, 1.54) is 0 Å². The molecule has 0 aromatic carbocycles. The molecule has 2 amide bonds. The molecule has 5 heteroatoms. The quantitative estimate of drug-likeness (QED) is 0.840. The summed E-state index contributed by atoms with van der Waals surface area (Å²) in [6.45, 7) is 7.03. The molecule has 1 N–H and O–H groups in total. The Balaban J connectivity index is 1.59. The summed E-state index contributed by atoms with van der Waals surface area (Å²) in [7, 11) is 0. The first-order chi connectivity index (χ1) is 9.29. The number of nitrogens with zero attached hydrogens (tertiary/aromatic N) is 1. The maximum Gasteiger partial charge on any atom is 0.407 e. The van der Waals surface area contributed by atoms with E-state index >= 15 is 0 Å². The number of nitrogens with one attached hydrogen (secondary N) is 1. The van der Waals surface area contributed by atoms with Crippen LogP contribution in [0.25, 0.3) is 0 Å². The molecule has 1 saturated heterocycles. The normalized spacial score (nSPS) is 27.6. The third-order valence-electron chi connectivity index (χ3n) is 4.47. The molecule has 0 unspecified atom stereocenters. The molecule has 1 heterocycles. The predicted molar refractivity (Wildman–Crippen MR) is 74.1 cm³/mol. The fourth-order valence-electron chi connectivity index (χ4n) is 3.04. The molecule has 0 aromatic heterocycles. The highest BCUT2D eigenvalue weighted by Gasteiger charge is 2.57. The van der Waals surface area contributed by atoms with Gasteiger partial charge in [-0.15, -0.1) is 0 Å². The maximum atomic E-state index is 12.2. The number of alkyl carbamates (subject to hydrolysis) is 1. The van der Waals surface area contributed by atoms with Crippen molar-refractivity contribution < 1.29 is 14.3 Å². The van der Waals surface area contributed by atoms with Crippen LogP contribution in [0.4, 0.5) is 4.79 Å². The second kappa shape index (κ2) is 4.37. The van der Waals surface area contributed by atoms with Gasteiger partial charge >= 0.3 is 6.09 Å². The minimum absolute atomic E-state index is 0.0556. The first-order valence-electron chi connectivity index (χ1n) is 7.57. The Labute approximate surface area is 120 Å². The zero-order valence-corrected chi connectivity index (χ0v) is 12.6. The van der Waals surface area contributed by atoms with Gasteiger partial charge in [-0.3, -0.25) is 4.79 Å². The number of rotatable bonds is 2. The van der Waals surface area contributed by atoms with Gasteiger partial charge in [0.05, 0.1) is 6.04 Å². The summed E-state index contributed by atoms with van der Waals surface area (Å²) in [5, 5.41) is 2.98. The Morgan fingerprint density at radius 1 is 1.25 bits per heavy atom. The van der Waals surface area contributed by atoms with Gasteiger partial charge < -0.3 is 15.0 Å². The number of amides is 2. The molecule has 112 valence electrons. The topological polar surface area (TPSA) is 58.6 Å². The zero-order chi connectivity index (χ0) is 14.5. The number of likely N-dealkylation sites (tertiary alicyclic amines) is 1. The van der Waals surface area contributed by atoms with Crippen LogP contribution in [0.5, 0.6) is 0 Å². The molecule has 1 aliphatic heterocycles. The molecule has 3 aliphatic rings. The van der Waals surface area contributed by atoms with E-state index in [0.29, 0.717) is 6.54 Å². The lowest BCUT2D eigenvalue weighted by molar-refractivity contribution is -0.131. The van der Waals surface area contributed by atoms with Gasteiger partial charge in [0.1, 0.15) is 5.60 Å². The fraction of sp³-hybridized carbons (Fsp3) is 0.867. The van der Waals surface area contributed by atoms with Gasteiger partial charge in [0, 0.05) is 24.4 Å². The molecule has 20 heavy (non-hydrogen) atoms.